The van der Waals surface area contributed by atoms with Crippen molar-refractivity contribution < 1.29 is 0 Å². The van der Waals surface area contributed by atoms with Crippen molar-refractivity contribution in [3.05, 3.63) is 21.9 Å². The van der Waals surface area contributed by atoms with Crippen LogP contribution < -0.4 is 0 Å². The standard InChI is InChI=1S/C8H11BrN2/c1-11-3-2-6-4-8(9)10-7(6)5-11/h4,10H,2-3,5H2,1H3. The molecule has 0 spiro atoms. The Kier molecular flexibility index (Phi) is 1.77. The normalized spacial score (nSPS) is 18.4. The van der Waals surface area contributed by atoms with E-state index in [0.717, 1.165) is 11.1 Å². The predicted octanol–water partition coefficient (Wildman–Crippen LogP) is 1.77. The maximum Gasteiger partial charge on any atom is 0.0825 e. The second kappa shape index (κ2) is 2.64. The molecule has 0 fully saturated rings. The maximum absolute atomic E-state index is 3.44. The summed E-state index contributed by atoms with van der Waals surface area (Å²) in [5, 5.41) is 0. The fourth-order valence-corrected chi connectivity index (χ4v) is 2.04. The van der Waals surface area contributed by atoms with E-state index in [1.54, 1.807) is 0 Å². The highest BCUT2D eigenvalue weighted by Crippen LogP contribution is 2.21. The highest BCUT2D eigenvalue weighted by atomic mass is 79.9. The van der Waals surface area contributed by atoms with Crippen LogP contribution >= 0.6 is 15.9 Å². The SMILES string of the molecule is CN1CCc2cc(Br)[nH]c2C1. The predicted molar refractivity (Wildman–Crippen MR) is 48.5 cm³/mol. The van der Waals surface area contributed by atoms with Gasteiger partial charge >= 0.3 is 0 Å². The lowest BCUT2D eigenvalue weighted by atomic mass is 10.1. The number of hydrogen-bond donors (Lipinski definition) is 1. The highest BCUT2D eigenvalue weighted by Gasteiger charge is 2.14. The molecular weight excluding hydrogens is 204 g/mol. The molecule has 0 bridgehead atoms. The molecule has 2 nitrogen and oxygen atoms in total. The first kappa shape index (κ1) is 7.37. The second-order valence-corrected chi connectivity index (χ2v) is 3.96. The number of likely N-dealkylation sites (N-methyl/N-ethyl adjacent to an activating group) is 1. The molecule has 0 saturated carbocycles. The molecule has 11 heavy (non-hydrogen) atoms. The first-order valence-electron chi connectivity index (χ1n) is 3.80. The molecular formula is C8H11BrN2. The number of halogens is 1. The van der Waals surface area contributed by atoms with Gasteiger partial charge in [0.2, 0.25) is 0 Å². The third-order valence-electron chi connectivity index (χ3n) is 2.15. The van der Waals surface area contributed by atoms with Gasteiger partial charge in [-0.2, -0.15) is 0 Å². The number of aromatic amines is 1. The lowest BCUT2D eigenvalue weighted by Crippen LogP contribution is -2.25. The molecule has 2 rings (SSSR count). The Morgan fingerprint density at radius 1 is 1.64 bits per heavy atom. The van der Waals surface area contributed by atoms with E-state index in [0.29, 0.717) is 0 Å². The van der Waals surface area contributed by atoms with Crippen LogP contribution in [0.2, 0.25) is 0 Å². The van der Waals surface area contributed by atoms with E-state index in [9.17, 15) is 0 Å². The Morgan fingerprint density at radius 3 is 3.27 bits per heavy atom. The van der Waals surface area contributed by atoms with Gasteiger partial charge in [-0.3, -0.25) is 0 Å². The Bertz CT molecular complexity index is 267. The van der Waals surface area contributed by atoms with E-state index in [1.807, 2.05) is 0 Å². The fourth-order valence-electron chi connectivity index (χ4n) is 1.53. The zero-order valence-corrected chi connectivity index (χ0v) is 8.11. The third kappa shape index (κ3) is 1.35. The summed E-state index contributed by atoms with van der Waals surface area (Å²) in [5.74, 6) is 0. The molecule has 0 unspecified atom stereocenters. The van der Waals surface area contributed by atoms with Gasteiger partial charge in [-0.05, 0) is 41.0 Å². The van der Waals surface area contributed by atoms with Crippen molar-refractivity contribution in [1.82, 2.24) is 9.88 Å². The topological polar surface area (TPSA) is 19.0 Å². The van der Waals surface area contributed by atoms with Gasteiger partial charge in [-0.15, -0.1) is 0 Å². The molecule has 0 amide bonds. The van der Waals surface area contributed by atoms with Crippen molar-refractivity contribution in [2.75, 3.05) is 13.6 Å². The monoisotopic (exact) mass is 214 g/mol. The summed E-state index contributed by atoms with van der Waals surface area (Å²) in [5.41, 5.74) is 2.83. The zero-order valence-electron chi connectivity index (χ0n) is 6.52. The smallest absolute Gasteiger partial charge is 0.0825 e. The average molecular weight is 215 g/mol. The van der Waals surface area contributed by atoms with E-state index in [-0.39, 0.29) is 0 Å². The van der Waals surface area contributed by atoms with Gasteiger partial charge < -0.3 is 9.88 Å². The van der Waals surface area contributed by atoms with Crippen molar-refractivity contribution in [3.63, 3.8) is 0 Å². The van der Waals surface area contributed by atoms with Crippen LogP contribution in [0.3, 0.4) is 0 Å². The van der Waals surface area contributed by atoms with Crippen LogP contribution in [0.25, 0.3) is 0 Å². The first-order valence-corrected chi connectivity index (χ1v) is 4.60. The van der Waals surface area contributed by atoms with E-state index in [4.69, 9.17) is 0 Å². The van der Waals surface area contributed by atoms with Crippen molar-refractivity contribution >= 4 is 15.9 Å². The van der Waals surface area contributed by atoms with E-state index in [2.05, 4.69) is 38.9 Å². The van der Waals surface area contributed by atoms with E-state index < -0.39 is 0 Å². The molecule has 1 N–H and O–H groups in total. The van der Waals surface area contributed by atoms with Gasteiger partial charge in [0.25, 0.3) is 0 Å². The van der Waals surface area contributed by atoms with E-state index >= 15 is 0 Å². The first-order chi connectivity index (χ1) is 5.25. The molecule has 1 aromatic heterocycles. The van der Waals surface area contributed by atoms with Crippen LogP contribution in [0.15, 0.2) is 10.7 Å². The molecule has 1 aromatic rings. The van der Waals surface area contributed by atoms with Gasteiger partial charge in [0.1, 0.15) is 0 Å². The van der Waals surface area contributed by atoms with Crippen molar-refractivity contribution in [3.8, 4) is 0 Å². The molecule has 0 saturated heterocycles. The van der Waals surface area contributed by atoms with Crippen LogP contribution in [0, 0.1) is 0 Å². The molecule has 2 heterocycles. The summed E-state index contributed by atoms with van der Waals surface area (Å²) < 4.78 is 1.11. The summed E-state index contributed by atoms with van der Waals surface area (Å²) in [7, 11) is 2.15. The molecule has 1 aliphatic heterocycles. The number of H-pyrrole nitrogens is 1. The minimum absolute atomic E-state index is 1.06. The van der Waals surface area contributed by atoms with Crippen LogP contribution in [0.5, 0.6) is 0 Å². The number of nitrogens with zero attached hydrogens (tertiary/aromatic N) is 1. The van der Waals surface area contributed by atoms with Gasteiger partial charge in [0.15, 0.2) is 0 Å². The summed E-state index contributed by atoms with van der Waals surface area (Å²) in [6, 6.07) is 2.18. The molecule has 60 valence electrons. The van der Waals surface area contributed by atoms with Crippen molar-refractivity contribution in [2.45, 2.75) is 13.0 Å². The summed E-state index contributed by atoms with van der Waals surface area (Å²) >= 11 is 3.44. The Labute approximate surface area is 74.7 Å². The summed E-state index contributed by atoms with van der Waals surface area (Å²) in [6.45, 7) is 2.23. The molecule has 0 atom stereocenters. The Hall–Kier alpha value is -0.280. The number of hydrogen-bond acceptors (Lipinski definition) is 1. The largest absolute Gasteiger partial charge is 0.352 e. The molecule has 0 aliphatic carbocycles. The quantitative estimate of drug-likeness (QED) is 0.698. The Morgan fingerprint density at radius 2 is 2.45 bits per heavy atom. The van der Waals surface area contributed by atoms with Gasteiger partial charge in [0, 0.05) is 18.8 Å². The van der Waals surface area contributed by atoms with Gasteiger partial charge in [-0.1, -0.05) is 0 Å². The van der Waals surface area contributed by atoms with E-state index in [1.165, 1.54) is 24.2 Å². The molecule has 0 radical (unpaired) electrons. The fraction of sp³-hybridized carbons (Fsp3) is 0.500. The number of nitrogens with one attached hydrogen (secondary N) is 1. The molecule has 3 heteroatoms. The van der Waals surface area contributed by atoms with Gasteiger partial charge in [0.05, 0.1) is 4.60 Å². The van der Waals surface area contributed by atoms with Crippen LogP contribution in [0.4, 0.5) is 0 Å². The number of fused-ring (bicyclic) bond motifs is 1. The highest BCUT2D eigenvalue weighted by molar-refractivity contribution is 9.10. The minimum atomic E-state index is 1.06. The average Bonchev–Trinajstić information content (AvgIpc) is 2.27. The Balaban J connectivity index is 2.34. The second-order valence-electron chi connectivity index (χ2n) is 3.11. The van der Waals surface area contributed by atoms with Crippen molar-refractivity contribution in [1.29, 1.82) is 0 Å². The van der Waals surface area contributed by atoms with Crippen LogP contribution in [-0.4, -0.2) is 23.5 Å². The van der Waals surface area contributed by atoms with Crippen molar-refractivity contribution in [2.24, 2.45) is 0 Å². The zero-order chi connectivity index (χ0) is 7.84. The lowest BCUT2D eigenvalue weighted by Gasteiger charge is -2.21. The third-order valence-corrected chi connectivity index (χ3v) is 2.58. The molecule has 1 aliphatic rings. The van der Waals surface area contributed by atoms with Gasteiger partial charge in [-0.25, -0.2) is 0 Å². The number of aromatic nitrogens is 1. The summed E-state index contributed by atoms with van der Waals surface area (Å²) in [6.07, 6.45) is 1.17. The maximum atomic E-state index is 3.44. The lowest BCUT2D eigenvalue weighted by molar-refractivity contribution is 0.309. The minimum Gasteiger partial charge on any atom is -0.352 e. The number of rotatable bonds is 0. The van der Waals surface area contributed by atoms with Crippen LogP contribution in [-0.2, 0) is 13.0 Å². The summed E-state index contributed by atoms with van der Waals surface area (Å²) in [4.78, 5) is 5.63. The van der Waals surface area contributed by atoms with Crippen LogP contribution in [0.1, 0.15) is 11.3 Å². The molecule has 0 aromatic carbocycles.